The summed E-state index contributed by atoms with van der Waals surface area (Å²) in [5.41, 5.74) is 6.74. The Morgan fingerprint density at radius 2 is 2.37 bits per heavy atom. The lowest BCUT2D eigenvalue weighted by molar-refractivity contribution is 0.0952. The summed E-state index contributed by atoms with van der Waals surface area (Å²) < 4.78 is 5.42. The third-order valence-corrected chi connectivity index (χ3v) is 3.16. The van der Waals surface area contributed by atoms with Crippen LogP contribution in [0.1, 0.15) is 17.3 Å². The van der Waals surface area contributed by atoms with Gasteiger partial charge in [-0.15, -0.1) is 18.2 Å². The molecule has 1 rings (SSSR count). The molecule has 0 aliphatic heterocycles. The third kappa shape index (κ3) is 4.76. The first-order valence-electron chi connectivity index (χ1n) is 6.01. The molecule has 4 nitrogen and oxygen atoms in total. The van der Waals surface area contributed by atoms with E-state index in [1.807, 2.05) is 6.92 Å². The number of hydrogen-bond acceptors (Lipinski definition) is 4. The summed E-state index contributed by atoms with van der Waals surface area (Å²) in [7, 11) is 0. The van der Waals surface area contributed by atoms with Crippen molar-refractivity contribution in [2.24, 2.45) is 0 Å². The normalized spacial score (nSPS) is 9.68. The number of amides is 1. The van der Waals surface area contributed by atoms with E-state index in [-0.39, 0.29) is 5.91 Å². The van der Waals surface area contributed by atoms with Gasteiger partial charge in [-0.1, -0.05) is 12.0 Å². The molecule has 102 valence electrons. The van der Waals surface area contributed by atoms with Crippen LogP contribution in [0.25, 0.3) is 0 Å². The molecule has 0 bridgehead atoms. The van der Waals surface area contributed by atoms with Gasteiger partial charge in [-0.3, -0.25) is 4.79 Å². The van der Waals surface area contributed by atoms with Crippen molar-refractivity contribution in [3.63, 3.8) is 0 Å². The first-order valence-corrected chi connectivity index (χ1v) is 7.16. The van der Waals surface area contributed by atoms with Crippen LogP contribution < -0.4 is 15.8 Å². The number of benzene rings is 1. The molecule has 0 unspecified atom stereocenters. The summed E-state index contributed by atoms with van der Waals surface area (Å²) in [6.45, 7) is 2.88. The van der Waals surface area contributed by atoms with Crippen molar-refractivity contribution in [2.75, 3.05) is 30.4 Å². The minimum Gasteiger partial charge on any atom is -0.491 e. The number of nitrogen functional groups attached to an aromatic ring is 1. The third-order valence-electron chi connectivity index (χ3n) is 2.30. The number of nitrogens with two attached hydrogens (primary N) is 1. The standard InChI is InChI=1S/C14H18N2O2S/c1-3-9-19-10-8-16-14(17)11-6-5-7-12(15)13(11)18-4-2/h1,5-7H,4,8-10,15H2,2H3,(H,16,17). The Balaban J connectivity index is 2.61. The second-order valence-electron chi connectivity index (χ2n) is 3.67. The van der Waals surface area contributed by atoms with E-state index in [0.717, 1.165) is 5.75 Å². The van der Waals surface area contributed by atoms with E-state index in [4.69, 9.17) is 16.9 Å². The number of para-hydroxylation sites is 1. The minimum absolute atomic E-state index is 0.183. The fourth-order valence-corrected chi connectivity index (χ4v) is 2.01. The summed E-state index contributed by atoms with van der Waals surface area (Å²) >= 11 is 1.60. The number of rotatable bonds is 7. The van der Waals surface area contributed by atoms with Crippen molar-refractivity contribution < 1.29 is 9.53 Å². The maximum atomic E-state index is 12.0. The molecule has 1 amide bonds. The van der Waals surface area contributed by atoms with Gasteiger partial charge in [-0.05, 0) is 19.1 Å². The number of nitrogens with one attached hydrogen (secondary N) is 1. The van der Waals surface area contributed by atoms with Crippen LogP contribution in [0.5, 0.6) is 5.75 Å². The van der Waals surface area contributed by atoms with Gasteiger partial charge in [-0.2, -0.15) is 0 Å². The maximum Gasteiger partial charge on any atom is 0.255 e. The zero-order valence-corrected chi connectivity index (χ0v) is 11.8. The Hall–Kier alpha value is -1.80. The SMILES string of the molecule is C#CCSCCNC(=O)c1cccc(N)c1OCC. The Bertz CT molecular complexity index is 469. The zero-order valence-electron chi connectivity index (χ0n) is 10.9. The molecular formula is C14H18N2O2S. The monoisotopic (exact) mass is 278 g/mol. The number of hydrogen-bond donors (Lipinski definition) is 2. The van der Waals surface area contributed by atoms with Crippen LogP contribution in [0.4, 0.5) is 5.69 Å². The van der Waals surface area contributed by atoms with Crippen molar-refractivity contribution in [3.05, 3.63) is 23.8 Å². The molecule has 0 heterocycles. The molecule has 19 heavy (non-hydrogen) atoms. The van der Waals surface area contributed by atoms with Crippen molar-refractivity contribution >= 4 is 23.4 Å². The fourth-order valence-electron chi connectivity index (χ4n) is 1.50. The molecule has 0 saturated carbocycles. The van der Waals surface area contributed by atoms with Crippen molar-refractivity contribution in [3.8, 4) is 18.1 Å². The lowest BCUT2D eigenvalue weighted by atomic mass is 10.1. The van der Waals surface area contributed by atoms with Crippen LogP contribution in [0.2, 0.25) is 0 Å². The van der Waals surface area contributed by atoms with Gasteiger partial charge < -0.3 is 15.8 Å². The van der Waals surface area contributed by atoms with E-state index in [1.54, 1.807) is 30.0 Å². The van der Waals surface area contributed by atoms with Crippen LogP contribution in [0.15, 0.2) is 18.2 Å². The summed E-state index contributed by atoms with van der Waals surface area (Å²) in [5, 5.41) is 2.82. The first kappa shape index (κ1) is 15.3. The minimum atomic E-state index is -0.183. The molecule has 1 aromatic carbocycles. The van der Waals surface area contributed by atoms with E-state index >= 15 is 0 Å². The highest BCUT2D eigenvalue weighted by molar-refractivity contribution is 7.99. The maximum absolute atomic E-state index is 12.0. The number of anilines is 1. The summed E-state index contributed by atoms with van der Waals surface area (Å²) in [5.74, 6) is 4.23. The summed E-state index contributed by atoms with van der Waals surface area (Å²) in [4.78, 5) is 12.0. The summed E-state index contributed by atoms with van der Waals surface area (Å²) in [6.07, 6.45) is 5.14. The van der Waals surface area contributed by atoms with E-state index in [0.29, 0.717) is 35.9 Å². The largest absolute Gasteiger partial charge is 0.491 e. The van der Waals surface area contributed by atoms with Gasteiger partial charge in [0.2, 0.25) is 0 Å². The molecule has 5 heteroatoms. The predicted molar refractivity (Wildman–Crippen MR) is 80.5 cm³/mol. The lowest BCUT2D eigenvalue weighted by Crippen LogP contribution is -2.26. The molecule has 3 N–H and O–H groups in total. The van der Waals surface area contributed by atoms with Crippen LogP contribution in [-0.2, 0) is 0 Å². The molecule has 0 aliphatic rings. The number of terminal acetylenes is 1. The molecule has 0 aromatic heterocycles. The smallest absolute Gasteiger partial charge is 0.255 e. The van der Waals surface area contributed by atoms with E-state index in [9.17, 15) is 4.79 Å². The summed E-state index contributed by atoms with van der Waals surface area (Å²) in [6, 6.07) is 5.15. The van der Waals surface area contributed by atoms with Crippen LogP contribution in [-0.4, -0.2) is 30.6 Å². The highest BCUT2D eigenvalue weighted by atomic mass is 32.2. The zero-order chi connectivity index (χ0) is 14.1. The highest BCUT2D eigenvalue weighted by Crippen LogP contribution is 2.26. The molecule has 0 atom stereocenters. The Kier molecular flexibility index (Phi) is 6.69. The number of thioether (sulfide) groups is 1. The van der Waals surface area contributed by atoms with Gasteiger partial charge in [-0.25, -0.2) is 0 Å². The van der Waals surface area contributed by atoms with Gasteiger partial charge in [0.1, 0.15) is 0 Å². The Morgan fingerprint density at radius 1 is 1.58 bits per heavy atom. The number of carbonyl (C=O) groups is 1. The average Bonchev–Trinajstić information content (AvgIpc) is 2.41. The molecular weight excluding hydrogens is 260 g/mol. The van der Waals surface area contributed by atoms with Gasteiger partial charge in [0.05, 0.1) is 23.6 Å². The van der Waals surface area contributed by atoms with Gasteiger partial charge in [0, 0.05) is 12.3 Å². The van der Waals surface area contributed by atoms with Crippen LogP contribution in [0.3, 0.4) is 0 Å². The van der Waals surface area contributed by atoms with Gasteiger partial charge in [0.25, 0.3) is 5.91 Å². The van der Waals surface area contributed by atoms with Crippen molar-refractivity contribution in [1.29, 1.82) is 0 Å². The molecule has 1 aromatic rings. The Labute approximate surface area is 118 Å². The number of ether oxygens (including phenoxy) is 1. The van der Waals surface area contributed by atoms with E-state index in [1.165, 1.54) is 0 Å². The second kappa shape index (κ2) is 8.33. The Morgan fingerprint density at radius 3 is 3.05 bits per heavy atom. The molecule has 0 saturated heterocycles. The van der Waals surface area contributed by atoms with E-state index < -0.39 is 0 Å². The molecule has 0 radical (unpaired) electrons. The van der Waals surface area contributed by atoms with Crippen LogP contribution >= 0.6 is 11.8 Å². The topological polar surface area (TPSA) is 64.4 Å². The molecule has 0 spiro atoms. The van der Waals surface area contributed by atoms with Crippen LogP contribution in [0, 0.1) is 12.3 Å². The van der Waals surface area contributed by atoms with Gasteiger partial charge >= 0.3 is 0 Å². The lowest BCUT2D eigenvalue weighted by Gasteiger charge is -2.12. The fraction of sp³-hybridized carbons (Fsp3) is 0.357. The second-order valence-corrected chi connectivity index (χ2v) is 4.77. The average molecular weight is 278 g/mol. The quantitative estimate of drug-likeness (QED) is 0.453. The highest BCUT2D eigenvalue weighted by Gasteiger charge is 2.14. The number of carbonyl (C=O) groups excluding carboxylic acids is 1. The molecule has 0 fully saturated rings. The first-order chi connectivity index (χ1) is 9.20. The van der Waals surface area contributed by atoms with Gasteiger partial charge in [0.15, 0.2) is 5.75 Å². The van der Waals surface area contributed by atoms with E-state index in [2.05, 4.69) is 11.2 Å². The van der Waals surface area contributed by atoms with Crippen molar-refractivity contribution in [2.45, 2.75) is 6.92 Å². The van der Waals surface area contributed by atoms with Crippen molar-refractivity contribution in [1.82, 2.24) is 5.32 Å². The predicted octanol–water partition coefficient (Wildman–Crippen LogP) is 1.76. The molecule has 0 aliphatic carbocycles.